The van der Waals surface area contributed by atoms with E-state index in [9.17, 15) is 35.9 Å². The Labute approximate surface area is 259 Å². The van der Waals surface area contributed by atoms with Gasteiger partial charge >= 0.3 is 24.4 Å². The second-order valence-corrected chi connectivity index (χ2v) is 12.1. The van der Waals surface area contributed by atoms with E-state index in [1.54, 1.807) is 6.92 Å². The lowest BCUT2D eigenvalue weighted by atomic mass is 9.80. The third-order valence-electron chi connectivity index (χ3n) is 8.06. The fourth-order valence-corrected chi connectivity index (χ4v) is 6.15. The molecule has 2 atom stereocenters. The zero-order chi connectivity index (χ0) is 32.4. The molecule has 1 aromatic heterocycles. The van der Waals surface area contributed by atoms with E-state index in [1.165, 1.54) is 18.0 Å². The lowest BCUT2D eigenvalue weighted by Gasteiger charge is -2.32. The van der Waals surface area contributed by atoms with Gasteiger partial charge in [-0.15, -0.1) is 0 Å². The van der Waals surface area contributed by atoms with E-state index in [2.05, 4.69) is 25.9 Å². The van der Waals surface area contributed by atoms with E-state index in [-0.39, 0.29) is 24.5 Å². The Bertz CT molecular complexity index is 1320. The maximum absolute atomic E-state index is 13.5. The molecule has 0 bridgehead atoms. The number of rotatable bonds is 9. The number of hydrogen-bond donors (Lipinski definition) is 0. The molecule has 1 aliphatic carbocycles. The maximum Gasteiger partial charge on any atom is 0.416 e. The Morgan fingerprint density at radius 3 is 2.23 bits per heavy atom. The summed E-state index contributed by atoms with van der Waals surface area (Å²) in [6.07, 6.45) is -6.85. The average molecular weight is 695 g/mol. The molecule has 44 heavy (non-hydrogen) atoms. The largest absolute Gasteiger partial charge is 0.466 e. The molecule has 0 radical (unpaired) electrons. The number of halogens is 7. The number of aromatic nitrogens is 2. The standard InChI is InChI=1S/C29H33BrF6N4O4/c1-4-43-24(41)9-17-5-7-18(8-6-17)14-39(3)26-22(38-23(30)13-37-26)15-40-16(2)25(44-27(40)42)19-10-20(28(31,32)33)12-21(11-19)29(34,35)36/h10-13,16-18,25H,4-9,14-15H2,1-3H3/t16-,17?,18?,25-/m0/s1. The number of alkyl halides is 6. The van der Waals surface area contributed by atoms with E-state index >= 15 is 0 Å². The highest BCUT2D eigenvalue weighted by Crippen LogP contribution is 2.41. The van der Waals surface area contributed by atoms with Crippen LogP contribution in [0.1, 0.15) is 74.4 Å². The number of hydrogen-bond acceptors (Lipinski definition) is 7. The number of cyclic esters (lactones) is 1. The first-order valence-electron chi connectivity index (χ1n) is 14.2. The van der Waals surface area contributed by atoms with Crippen LogP contribution >= 0.6 is 15.9 Å². The first kappa shape index (κ1) is 33.8. The van der Waals surface area contributed by atoms with Gasteiger partial charge in [-0.1, -0.05) is 0 Å². The summed E-state index contributed by atoms with van der Waals surface area (Å²) in [5, 5.41) is 0. The molecular weight excluding hydrogens is 662 g/mol. The highest BCUT2D eigenvalue weighted by Gasteiger charge is 2.43. The van der Waals surface area contributed by atoms with Gasteiger partial charge < -0.3 is 14.4 Å². The summed E-state index contributed by atoms with van der Waals surface area (Å²) < 4.78 is 91.5. The van der Waals surface area contributed by atoms with E-state index < -0.39 is 47.3 Å². The summed E-state index contributed by atoms with van der Waals surface area (Å²) in [5.41, 5.74) is -3.00. The molecule has 1 saturated carbocycles. The fraction of sp³-hybridized carbons (Fsp3) is 0.586. The van der Waals surface area contributed by atoms with Crippen molar-refractivity contribution < 1.29 is 45.4 Å². The maximum atomic E-state index is 13.5. The molecule has 1 aliphatic heterocycles. The normalized spacial score (nSPS) is 22.6. The van der Waals surface area contributed by atoms with Gasteiger partial charge in [-0.05, 0) is 91.1 Å². The van der Waals surface area contributed by atoms with Gasteiger partial charge in [0, 0.05) is 20.0 Å². The predicted octanol–water partition coefficient (Wildman–Crippen LogP) is 7.55. The summed E-state index contributed by atoms with van der Waals surface area (Å²) >= 11 is 3.28. The Hall–Kier alpha value is -3.10. The van der Waals surface area contributed by atoms with Gasteiger partial charge in [0.05, 0.1) is 36.5 Å². The Morgan fingerprint density at radius 1 is 1.07 bits per heavy atom. The molecule has 242 valence electrons. The first-order chi connectivity index (χ1) is 20.6. The minimum atomic E-state index is -5.03. The SMILES string of the molecule is CCOC(=O)CC1CCC(CN(C)c2ncc(Br)nc2CN2C(=O)O[C@H](c3cc(C(F)(F)F)cc(C(F)(F)F)c3)[C@@H]2C)CC1. The molecule has 0 N–H and O–H groups in total. The highest BCUT2D eigenvalue weighted by atomic mass is 79.9. The summed E-state index contributed by atoms with van der Waals surface area (Å²) in [5.74, 6) is 0.885. The molecule has 2 aromatic rings. The van der Waals surface area contributed by atoms with Gasteiger partial charge in [0.1, 0.15) is 16.4 Å². The van der Waals surface area contributed by atoms with Crippen LogP contribution in [0.3, 0.4) is 0 Å². The summed E-state index contributed by atoms with van der Waals surface area (Å²) in [6, 6.07) is 0.273. The van der Waals surface area contributed by atoms with Crippen LogP contribution in [0.15, 0.2) is 29.0 Å². The second kappa shape index (κ2) is 13.5. The lowest BCUT2D eigenvalue weighted by molar-refractivity contribution is -0.145. The van der Waals surface area contributed by atoms with Crippen molar-refractivity contribution in [3.63, 3.8) is 0 Å². The van der Waals surface area contributed by atoms with Crippen LogP contribution < -0.4 is 4.90 Å². The molecule has 2 heterocycles. The van der Waals surface area contributed by atoms with Crippen molar-refractivity contribution in [1.82, 2.24) is 14.9 Å². The van der Waals surface area contributed by atoms with Crippen LogP contribution in [0.2, 0.25) is 0 Å². The molecule has 1 aromatic carbocycles. The Kier molecular flexibility index (Phi) is 10.4. The first-order valence-corrected chi connectivity index (χ1v) is 15.0. The van der Waals surface area contributed by atoms with Crippen molar-refractivity contribution in [2.24, 2.45) is 11.8 Å². The molecule has 0 unspecified atom stereocenters. The van der Waals surface area contributed by atoms with Crippen LogP contribution in [0.4, 0.5) is 37.0 Å². The van der Waals surface area contributed by atoms with Crippen molar-refractivity contribution in [2.75, 3.05) is 25.1 Å². The number of benzene rings is 1. The van der Waals surface area contributed by atoms with Crippen molar-refractivity contribution >= 4 is 33.8 Å². The molecule has 4 rings (SSSR count). The van der Waals surface area contributed by atoms with Crippen LogP contribution in [0.25, 0.3) is 0 Å². The molecule has 2 aliphatic rings. The molecule has 8 nitrogen and oxygen atoms in total. The average Bonchev–Trinajstić information content (AvgIpc) is 3.21. The molecule has 0 spiro atoms. The van der Waals surface area contributed by atoms with Crippen LogP contribution in [-0.4, -0.2) is 53.2 Å². The molecule has 15 heteroatoms. The fourth-order valence-electron chi connectivity index (χ4n) is 5.83. The Morgan fingerprint density at radius 2 is 1.66 bits per heavy atom. The molecular formula is C29H33BrF6N4O4. The summed E-state index contributed by atoms with van der Waals surface area (Å²) in [4.78, 5) is 36.9. The van der Waals surface area contributed by atoms with Gasteiger partial charge in [-0.25, -0.2) is 14.8 Å². The quantitative estimate of drug-likeness (QED) is 0.198. The van der Waals surface area contributed by atoms with Gasteiger partial charge in [-0.3, -0.25) is 9.69 Å². The summed E-state index contributed by atoms with van der Waals surface area (Å²) in [6.45, 7) is 4.11. The lowest BCUT2D eigenvalue weighted by Crippen LogP contribution is -2.34. The molecule has 2 fully saturated rings. The number of nitrogens with zero attached hydrogens (tertiary/aromatic N) is 4. The highest BCUT2D eigenvalue weighted by molar-refractivity contribution is 9.10. The molecule has 1 saturated heterocycles. The minimum absolute atomic E-state index is 0.0365. The zero-order valence-electron chi connectivity index (χ0n) is 24.3. The number of anilines is 1. The van der Waals surface area contributed by atoms with Gasteiger partial charge in [0.2, 0.25) is 0 Å². The van der Waals surface area contributed by atoms with Crippen LogP contribution in [0, 0.1) is 11.8 Å². The van der Waals surface area contributed by atoms with Crippen molar-refractivity contribution in [2.45, 2.75) is 77.0 Å². The van der Waals surface area contributed by atoms with E-state index in [4.69, 9.17) is 9.47 Å². The van der Waals surface area contributed by atoms with Gasteiger partial charge in [-0.2, -0.15) is 26.3 Å². The number of carbonyl (C=O) groups excluding carboxylic acids is 2. The van der Waals surface area contributed by atoms with E-state index in [0.29, 0.717) is 53.7 Å². The Balaban J connectivity index is 1.49. The smallest absolute Gasteiger partial charge is 0.416 e. The number of esters is 1. The number of amides is 1. The van der Waals surface area contributed by atoms with Crippen LogP contribution in [0.5, 0.6) is 0 Å². The van der Waals surface area contributed by atoms with Gasteiger partial charge in [0.15, 0.2) is 5.82 Å². The second-order valence-electron chi connectivity index (χ2n) is 11.3. The van der Waals surface area contributed by atoms with Crippen molar-refractivity contribution in [3.05, 3.63) is 51.4 Å². The predicted molar refractivity (Wildman–Crippen MR) is 150 cm³/mol. The van der Waals surface area contributed by atoms with Crippen molar-refractivity contribution in [1.29, 1.82) is 0 Å². The summed E-state index contributed by atoms with van der Waals surface area (Å²) in [7, 11) is 1.84. The third kappa shape index (κ3) is 8.13. The molecule has 1 amide bonds. The van der Waals surface area contributed by atoms with Crippen LogP contribution in [-0.2, 0) is 33.2 Å². The third-order valence-corrected chi connectivity index (χ3v) is 8.45. The number of carbonyl (C=O) groups is 2. The number of ether oxygens (including phenoxy) is 2. The van der Waals surface area contributed by atoms with E-state index in [1.807, 2.05) is 11.9 Å². The monoisotopic (exact) mass is 694 g/mol. The van der Waals surface area contributed by atoms with E-state index in [0.717, 1.165) is 25.7 Å². The topological polar surface area (TPSA) is 84.9 Å². The zero-order valence-corrected chi connectivity index (χ0v) is 25.9. The minimum Gasteiger partial charge on any atom is -0.466 e. The van der Waals surface area contributed by atoms with Gasteiger partial charge in [0.25, 0.3) is 0 Å². The van der Waals surface area contributed by atoms with Crippen molar-refractivity contribution in [3.8, 4) is 0 Å².